The number of methoxy groups -OCH3 is 1. The van der Waals surface area contributed by atoms with E-state index in [1.54, 1.807) is 7.11 Å². The molecule has 130 valence electrons. The number of hydrogen-bond donors (Lipinski definition) is 0. The molecule has 0 aliphatic carbocycles. The zero-order chi connectivity index (χ0) is 17.7. The number of ether oxygens (including phenoxy) is 2. The van der Waals surface area contributed by atoms with Gasteiger partial charge in [-0.1, -0.05) is 66.2 Å². The van der Waals surface area contributed by atoms with Gasteiger partial charge in [0.1, 0.15) is 5.75 Å². The molecule has 0 aliphatic heterocycles. The second kappa shape index (κ2) is 8.17. The van der Waals surface area contributed by atoms with Crippen LogP contribution in [0.3, 0.4) is 0 Å². The first-order valence-corrected chi connectivity index (χ1v) is 9.13. The maximum atomic E-state index is 5.68. The summed E-state index contributed by atoms with van der Waals surface area (Å²) in [6.07, 6.45) is 0.924. The molecule has 2 aromatic rings. The van der Waals surface area contributed by atoms with Crippen molar-refractivity contribution in [2.24, 2.45) is 0 Å². The number of hydrogen-bond acceptors (Lipinski definition) is 2. The summed E-state index contributed by atoms with van der Waals surface area (Å²) in [5.41, 5.74) is 5.13. The lowest BCUT2D eigenvalue weighted by Gasteiger charge is -2.17. The van der Waals surface area contributed by atoms with Crippen LogP contribution in [0.25, 0.3) is 0 Å². The van der Waals surface area contributed by atoms with Crippen LogP contribution >= 0.6 is 15.9 Å². The fraction of sp³-hybridized carbons (Fsp3) is 0.429. The quantitative estimate of drug-likeness (QED) is 0.425. The summed E-state index contributed by atoms with van der Waals surface area (Å²) < 4.78 is 10.7. The summed E-state index contributed by atoms with van der Waals surface area (Å²) in [5, 5.41) is 0. The molecule has 2 aromatic carbocycles. The molecular formula is C21H27BrO2. The Labute approximate surface area is 154 Å². The molecule has 0 saturated heterocycles. The van der Waals surface area contributed by atoms with E-state index in [0.717, 1.165) is 12.2 Å². The van der Waals surface area contributed by atoms with E-state index in [0.29, 0.717) is 5.92 Å². The van der Waals surface area contributed by atoms with Crippen molar-refractivity contribution in [1.82, 2.24) is 0 Å². The minimum absolute atomic E-state index is 0.0106. The Kier molecular flexibility index (Phi) is 6.47. The second-order valence-electron chi connectivity index (χ2n) is 6.92. The van der Waals surface area contributed by atoms with E-state index in [4.69, 9.17) is 9.47 Å². The first-order valence-electron chi connectivity index (χ1n) is 8.34. The van der Waals surface area contributed by atoms with Crippen molar-refractivity contribution in [3.8, 4) is 5.75 Å². The van der Waals surface area contributed by atoms with Gasteiger partial charge >= 0.3 is 0 Å². The van der Waals surface area contributed by atoms with Crippen LogP contribution in [0, 0.1) is 0 Å². The zero-order valence-electron chi connectivity index (χ0n) is 15.2. The minimum Gasteiger partial charge on any atom is -0.467 e. The first-order chi connectivity index (χ1) is 11.3. The van der Waals surface area contributed by atoms with Gasteiger partial charge in [0.25, 0.3) is 0 Å². The predicted molar refractivity (Wildman–Crippen MR) is 104 cm³/mol. The number of halogens is 1. The van der Waals surface area contributed by atoms with Gasteiger partial charge in [0, 0.05) is 11.4 Å². The average Bonchev–Trinajstić information content (AvgIpc) is 2.53. The largest absolute Gasteiger partial charge is 0.467 e. The second-order valence-corrected chi connectivity index (χ2v) is 8.91. The zero-order valence-corrected chi connectivity index (χ0v) is 16.8. The molecule has 0 fully saturated rings. The highest BCUT2D eigenvalue weighted by Crippen LogP contribution is 2.31. The summed E-state index contributed by atoms with van der Waals surface area (Å²) in [4.78, 5) is 0. The Bertz CT molecular complexity index is 655. The standard InChI is InChI=1S/C21H27BrO2/c1-15(2)19-13-17(8-11-20(19)24-14-23-5)12-16-6-9-18(10-7-16)21(3,4)22/h6-11,13,15H,12,14H2,1-5H3. The summed E-state index contributed by atoms with van der Waals surface area (Å²) in [7, 11) is 1.64. The van der Waals surface area contributed by atoms with Crippen molar-refractivity contribution in [2.45, 2.75) is 44.4 Å². The van der Waals surface area contributed by atoms with Crippen LogP contribution in [0.15, 0.2) is 42.5 Å². The molecular weight excluding hydrogens is 364 g/mol. The van der Waals surface area contributed by atoms with Crippen LogP contribution in [0.5, 0.6) is 5.75 Å². The molecule has 0 aliphatic rings. The number of rotatable bonds is 7. The Morgan fingerprint density at radius 3 is 2.17 bits per heavy atom. The van der Waals surface area contributed by atoms with Gasteiger partial charge in [-0.2, -0.15) is 0 Å². The number of alkyl halides is 1. The number of benzene rings is 2. The highest BCUT2D eigenvalue weighted by Gasteiger charge is 2.15. The summed E-state index contributed by atoms with van der Waals surface area (Å²) in [6.45, 7) is 8.98. The Morgan fingerprint density at radius 1 is 1.00 bits per heavy atom. The normalized spacial score (nSPS) is 11.8. The van der Waals surface area contributed by atoms with E-state index >= 15 is 0 Å². The Balaban J connectivity index is 2.19. The fourth-order valence-electron chi connectivity index (χ4n) is 2.67. The molecule has 0 saturated carbocycles. The SMILES string of the molecule is COCOc1ccc(Cc2ccc(C(C)(C)Br)cc2)cc1C(C)C. The van der Waals surface area contributed by atoms with Crippen molar-refractivity contribution in [2.75, 3.05) is 13.9 Å². The lowest BCUT2D eigenvalue weighted by molar-refractivity contribution is 0.0502. The van der Waals surface area contributed by atoms with Crippen LogP contribution in [0.4, 0.5) is 0 Å². The third kappa shape index (κ3) is 5.09. The monoisotopic (exact) mass is 390 g/mol. The van der Waals surface area contributed by atoms with Gasteiger partial charge in [-0.3, -0.25) is 0 Å². The molecule has 0 heterocycles. The van der Waals surface area contributed by atoms with Crippen molar-refractivity contribution in [3.63, 3.8) is 0 Å². The average molecular weight is 391 g/mol. The summed E-state index contributed by atoms with van der Waals surface area (Å²) in [5.74, 6) is 1.32. The molecule has 3 heteroatoms. The van der Waals surface area contributed by atoms with Crippen LogP contribution < -0.4 is 4.74 Å². The van der Waals surface area contributed by atoms with Crippen LogP contribution in [0.2, 0.25) is 0 Å². The molecule has 0 radical (unpaired) electrons. The van der Waals surface area contributed by atoms with Gasteiger partial charge < -0.3 is 9.47 Å². The highest BCUT2D eigenvalue weighted by molar-refractivity contribution is 9.09. The molecule has 0 spiro atoms. The molecule has 0 aromatic heterocycles. The van der Waals surface area contributed by atoms with Gasteiger partial charge in [0.2, 0.25) is 0 Å². The van der Waals surface area contributed by atoms with E-state index in [9.17, 15) is 0 Å². The predicted octanol–water partition coefficient (Wildman–Crippen LogP) is 6.01. The van der Waals surface area contributed by atoms with Gasteiger partial charge in [-0.25, -0.2) is 0 Å². The van der Waals surface area contributed by atoms with Crippen molar-refractivity contribution >= 4 is 15.9 Å². The van der Waals surface area contributed by atoms with Gasteiger partial charge in [-0.15, -0.1) is 0 Å². The lowest BCUT2D eigenvalue weighted by Crippen LogP contribution is -2.06. The molecule has 0 bridgehead atoms. The van der Waals surface area contributed by atoms with E-state index in [2.05, 4.69) is 86.1 Å². The molecule has 2 nitrogen and oxygen atoms in total. The highest BCUT2D eigenvalue weighted by atomic mass is 79.9. The first kappa shape index (κ1) is 19.0. The molecule has 0 unspecified atom stereocenters. The molecule has 0 N–H and O–H groups in total. The molecule has 2 rings (SSSR count). The van der Waals surface area contributed by atoms with E-state index in [-0.39, 0.29) is 11.1 Å². The van der Waals surface area contributed by atoms with Crippen molar-refractivity contribution < 1.29 is 9.47 Å². The van der Waals surface area contributed by atoms with E-state index < -0.39 is 0 Å². The van der Waals surface area contributed by atoms with Gasteiger partial charge in [0.15, 0.2) is 6.79 Å². The topological polar surface area (TPSA) is 18.5 Å². The Hall–Kier alpha value is -1.32. The maximum Gasteiger partial charge on any atom is 0.188 e. The molecule has 24 heavy (non-hydrogen) atoms. The van der Waals surface area contributed by atoms with Crippen molar-refractivity contribution in [3.05, 3.63) is 64.7 Å². The summed E-state index contributed by atoms with van der Waals surface area (Å²) in [6, 6.07) is 15.3. The van der Waals surface area contributed by atoms with E-state index in [1.807, 2.05) is 0 Å². The smallest absolute Gasteiger partial charge is 0.188 e. The van der Waals surface area contributed by atoms with Gasteiger partial charge in [0.05, 0.1) is 0 Å². The maximum absolute atomic E-state index is 5.68. The third-order valence-corrected chi connectivity index (χ3v) is 4.53. The fourth-order valence-corrected chi connectivity index (χ4v) is 2.93. The summed E-state index contributed by atoms with van der Waals surface area (Å²) >= 11 is 3.71. The minimum atomic E-state index is 0.0106. The van der Waals surface area contributed by atoms with Gasteiger partial charge in [-0.05, 0) is 54.5 Å². The molecule has 0 atom stereocenters. The molecule has 0 amide bonds. The lowest BCUT2D eigenvalue weighted by atomic mass is 9.95. The Morgan fingerprint density at radius 2 is 1.62 bits per heavy atom. The van der Waals surface area contributed by atoms with Crippen molar-refractivity contribution in [1.29, 1.82) is 0 Å². The van der Waals surface area contributed by atoms with E-state index in [1.165, 1.54) is 22.3 Å². The van der Waals surface area contributed by atoms with Crippen LogP contribution in [0.1, 0.15) is 55.9 Å². The van der Waals surface area contributed by atoms with Crippen LogP contribution in [-0.2, 0) is 15.5 Å². The van der Waals surface area contributed by atoms with Crippen LogP contribution in [-0.4, -0.2) is 13.9 Å². The third-order valence-electron chi connectivity index (χ3n) is 4.08.